The Morgan fingerprint density at radius 3 is 2.50 bits per heavy atom. The fourth-order valence-corrected chi connectivity index (χ4v) is 2.60. The van der Waals surface area contributed by atoms with Crippen LogP contribution >= 0.6 is 0 Å². The monoisotopic (exact) mass is 277 g/mol. The summed E-state index contributed by atoms with van der Waals surface area (Å²) in [6, 6.07) is 8.49. The minimum Gasteiger partial charge on any atom is -0.481 e. The second-order valence-electron chi connectivity index (χ2n) is 5.56. The second-order valence-corrected chi connectivity index (χ2v) is 5.56. The largest absolute Gasteiger partial charge is 0.481 e. The minimum atomic E-state index is -0.780. The van der Waals surface area contributed by atoms with Crippen LogP contribution in [-0.2, 0) is 16.1 Å². The van der Waals surface area contributed by atoms with Crippen LogP contribution in [0.15, 0.2) is 24.3 Å². The highest BCUT2D eigenvalue weighted by Crippen LogP contribution is 2.19. The van der Waals surface area contributed by atoms with Gasteiger partial charge in [-0.15, -0.1) is 0 Å². The Kier molecular flexibility index (Phi) is 5.15. The summed E-state index contributed by atoms with van der Waals surface area (Å²) in [4.78, 5) is 13.3. The number of nitrogens with zero attached hydrogens (tertiary/aromatic N) is 1. The molecule has 1 saturated heterocycles. The first-order valence-electron chi connectivity index (χ1n) is 7.17. The molecule has 1 unspecified atom stereocenters. The van der Waals surface area contributed by atoms with Crippen LogP contribution in [-0.4, -0.2) is 42.3 Å². The van der Waals surface area contributed by atoms with Gasteiger partial charge in [0.25, 0.3) is 0 Å². The number of aliphatic carboxylic acids is 1. The standard InChI is InChI=1S/C16H23NO3/c1-12(16(18)19)14-5-3-13(4-6-14)11-17(2)15-7-9-20-10-8-15/h3-6,12,15H,7-11H2,1-2H3,(H,18,19). The Morgan fingerprint density at radius 1 is 1.35 bits per heavy atom. The van der Waals surface area contributed by atoms with E-state index in [4.69, 9.17) is 9.84 Å². The van der Waals surface area contributed by atoms with Gasteiger partial charge in [-0.3, -0.25) is 9.69 Å². The molecule has 1 N–H and O–H groups in total. The van der Waals surface area contributed by atoms with Gasteiger partial charge in [0, 0.05) is 25.8 Å². The van der Waals surface area contributed by atoms with Crippen LogP contribution in [0.2, 0.25) is 0 Å². The highest BCUT2D eigenvalue weighted by Gasteiger charge is 2.18. The van der Waals surface area contributed by atoms with Crippen LogP contribution in [0.3, 0.4) is 0 Å². The normalized spacial score (nSPS) is 18.1. The fourth-order valence-electron chi connectivity index (χ4n) is 2.60. The van der Waals surface area contributed by atoms with Crippen LogP contribution in [0.25, 0.3) is 0 Å². The third-order valence-corrected chi connectivity index (χ3v) is 4.10. The molecular formula is C16H23NO3. The van der Waals surface area contributed by atoms with Crippen molar-refractivity contribution >= 4 is 5.97 Å². The van der Waals surface area contributed by atoms with Crippen molar-refractivity contribution in [3.63, 3.8) is 0 Å². The Hall–Kier alpha value is -1.39. The molecule has 20 heavy (non-hydrogen) atoms. The molecule has 0 spiro atoms. The molecular weight excluding hydrogens is 254 g/mol. The topological polar surface area (TPSA) is 49.8 Å². The number of carbonyl (C=O) groups is 1. The van der Waals surface area contributed by atoms with Crippen molar-refractivity contribution in [2.75, 3.05) is 20.3 Å². The average molecular weight is 277 g/mol. The van der Waals surface area contributed by atoms with Crippen molar-refractivity contribution in [3.05, 3.63) is 35.4 Å². The zero-order valence-electron chi connectivity index (χ0n) is 12.2. The van der Waals surface area contributed by atoms with Crippen molar-refractivity contribution < 1.29 is 14.6 Å². The maximum absolute atomic E-state index is 10.9. The van der Waals surface area contributed by atoms with Gasteiger partial charge in [0.1, 0.15) is 0 Å². The van der Waals surface area contributed by atoms with Crippen LogP contribution < -0.4 is 0 Å². The number of benzene rings is 1. The van der Waals surface area contributed by atoms with E-state index in [0.29, 0.717) is 6.04 Å². The summed E-state index contributed by atoms with van der Waals surface area (Å²) in [5.41, 5.74) is 2.08. The summed E-state index contributed by atoms with van der Waals surface area (Å²) in [5.74, 6) is -1.23. The Labute approximate surface area is 120 Å². The van der Waals surface area contributed by atoms with Crippen molar-refractivity contribution in [1.29, 1.82) is 0 Å². The molecule has 1 aromatic rings. The van der Waals surface area contributed by atoms with Gasteiger partial charge in [0.15, 0.2) is 0 Å². The first-order chi connectivity index (χ1) is 9.58. The Morgan fingerprint density at radius 2 is 1.95 bits per heavy atom. The molecule has 1 aliphatic heterocycles. The third-order valence-electron chi connectivity index (χ3n) is 4.10. The molecule has 0 bridgehead atoms. The predicted molar refractivity (Wildman–Crippen MR) is 77.8 cm³/mol. The van der Waals surface area contributed by atoms with Gasteiger partial charge in [-0.1, -0.05) is 24.3 Å². The quantitative estimate of drug-likeness (QED) is 0.898. The summed E-state index contributed by atoms with van der Waals surface area (Å²) in [6.07, 6.45) is 2.18. The zero-order chi connectivity index (χ0) is 14.5. The molecule has 0 saturated carbocycles. The molecule has 1 aliphatic rings. The third kappa shape index (κ3) is 3.81. The van der Waals surface area contributed by atoms with Gasteiger partial charge in [-0.05, 0) is 37.9 Å². The van der Waals surface area contributed by atoms with E-state index in [9.17, 15) is 4.79 Å². The number of rotatable bonds is 5. The van der Waals surface area contributed by atoms with Gasteiger partial charge in [0.05, 0.1) is 5.92 Å². The summed E-state index contributed by atoms with van der Waals surface area (Å²) >= 11 is 0. The molecule has 1 fully saturated rings. The number of hydrogen-bond donors (Lipinski definition) is 1. The SMILES string of the molecule is CC(C(=O)O)c1ccc(CN(C)C2CCOCC2)cc1. The minimum absolute atomic E-state index is 0.447. The number of hydrogen-bond acceptors (Lipinski definition) is 3. The summed E-state index contributed by atoms with van der Waals surface area (Å²) in [7, 11) is 2.14. The number of carboxylic acids is 1. The fraction of sp³-hybridized carbons (Fsp3) is 0.562. The maximum Gasteiger partial charge on any atom is 0.310 e. The van der Waals surface area contributed by atoms with E-state index in [2.05, 4.69) is 11.9 Å². The maximum atomic E-state index is 10.9. The Bertz CT molecular complexity index is 438. The summed E-state index contributed by atoms with van der Waals surface area (Å²) in [5, 5.41) is 9.00. The van der Waals surface area contributed by atoms with Crippen molar-refractivity contribution in [2.45, 2.75) is 38.3 Å². The molecule has 2 rings (SSSR count). The lowest BCUT2D eigenvalue weighted by Crippen LogP contribution is -2.36. The lowest BCUT2D eigenvalue weighted by atomic mass is 9.99. The lowest BCUT2D eigenvalue weighted by molar-refractivity contribution is -0.138. The molecule has 0 aliphatic carbocycles. The highest BCUT2D eigenvalue weighted by atomic mass is 16.5. The lowest BCUT2D eigenvalue weighted by Gasteiger charge is -2.31. The first kappa shape index (κ1) is 15.0. The molecule has 1 atom stereocenters. The molecule has 0 amide bonds. The second kappa shape index (κ2) is 6.86. The number of carboxylic acid groups (broad SMARTS) is 1. The molecule has 0 radical (unpaired) electrons. The van der Waals surface area contributed by atoms with Crippen LogP contribution in [0.1, 0.15) is 36.8 Å². The van der Waals surface area contributed by atoms with Gasteiger partial charge in [0.2, 0.25) is 0 Å². The van der Waals surface area contributed by atoms with E-state index < -0.39 is 11.9 Å². The molecule has 110 valence electrons. The zero-order valence-corrected chi connectivity index (χ0v) is 12.2. The van der Waals surface area contributed by atoms with Crippen LogP contribution in [0.4, 0.5) is 0 Å². The van der Waals surface area contributed by atoms with Gasteiger partial charge >= 0.3 is 5.97 Å². The summed E-state index contributed by atoms with van der Waals surface area (Å²) in [6.45, 7) is 4.31. The van der Waals surface area contributed by atoms with Crippen molar-refractivity contribution in [3.8, 4) is 0 Å². The van der Waals surface area contributed by atoms with E-state index in [-0.39, 0.29) is 0 Å². The molecule has 4 heteroatoms. The Balaban J connectivity index is 1.94. The van der Waals surface area contributed by atoms with Crippen molar-refractivity contribution in [1.82, 2.24) is 4.90 Å². The highest BCUT2D eigenvalue weighted by molar-refractivity contribution is 5.75. The molecule has 1 heterocycles. The van der Waals surface area contributed by atoms with Crippen molar-refractivity contribution in [2.24, 2.45) is 0 Å². The van der Waals surface area contributed by atoms with E-state index in [1.54, 1.807) is 6.92 Å². The smallest absolute Gasteiger partial charge is 0.310 e. The first-order valence-corrected chi connectivity index (χ1v) is 7.17. The summed E-state index contributed by atoms with van der Waals surface area (Å²) < 4.78 is 5.38. The van der Waals surface area contributed by atoms with E-state index in [1.807, 2.05) is 24.3 Å². The van der Waals surface area contributed by atoms with Crippen LogP contribution in [0.5, 0.6) is 0 Å². The number of ether oxygens (including phenoxy) is 1. The van der Waals surface area contributed by atoms with Gasteiger partial charge in [-0.2, -0.15) is 0 Å². The predicted octanol–water partition coefficient (Wildman–Crippen LogP) is 2.49. The molecule has 4 nitrogen and oxygen atoms in total. The van der Waals surface area contributed by atoms with E-state index >= 15 is 0 Å². The van der Waals surface area contributed by atoms with Gasteiger partial charge in [-0.25, -0.2) is 0 Å². The van der Waals surface area contributed by atoms with E-state index in [1.165, 1.54) is 5.56 Å². The average Bonchev–Trinajstić information content (AvgIpc) is 2.48. The molecule has 1 aromatic carbocycles. The van der Waals surface area contributed by atoms with Gasteiger partial charge < -0.3 is 9.84 Å². The van der Waals surface area contributed by atoms with E-state index in [0.717, 1.165) is 38.2 Å². The molecule has 0 aromatic heterocycles. The van der Waals surface area contributed by atoms with Crippen LogP contribution in [0, 0.1) is 0 Å².